The van der Waals surface area contributed by atoms with Gasteiger partial charge in [0.25, 0.3) is 0 Å². The molecule has 0 radical (unpaired) electrons. The lowest BCUT2D eigenvalue weighted by Crippen LogP contribution is -2.53. The minimum atomic E-state index is -0.398. The van der Waals surface area contributed by atoms with Crippen LogP contribution in [-0.4, -0.2) is 51.9 Å². The summed E-state index contributed by atoms with van der Waals surface area (Å²) in [5.74, 6) is 0.921. The molecule has 1 aromatic carbocycles. The molecular weight excluding hydrogens is 378 g/mol. The molecule has 0 bridgehead atoms. The molecule has 4 rings (SSSR count). The van der Waals surface area contributed by atoms with Crippen molar-refractivity contribution in [1.29, 1.82) is 0 Å². The van der Waals surface area contributed by atoms with Gasteiger partial charge in [0.15, 0.2) is 0 Å². The molecule has 2 aliphatic rings. The molecular formula is C24H31N3O3. The summed E-state index contributed by atoms with van der Waals surface area (Å²) in [4.78, 5) is 30.2. The fourth-order valence-corrected chi connectivity index (χ4v) is 4.29. The molecule has 1 aromatic heterocycles. The maximum atomic E-state index is 13.6. The smallest absolute Gasteiger partial charge is 0.243 e. The number of benzene rings is 1. The lowest BCUT2D eigenvalue weighted by atomic mass is 9.98. The van der Waals surface area contributed by atoms with Crippen LogP contribution in [0.25, 0.3) is 0 Å². The Morgan fingerprint density at radius 1 is 1.10 bits per heavy atom. The first-order valence-corrected chi connectivity index (χ1v) is 10.7. The monoisotopic (exact) mass is 409 g/mol. The number of carbonyl (C=O) groups excluding carboxylic acids is 2. The fourth-order valence-electron chi connectivity index (χ4n) is 4.29. The van der Waals surface area contributed by atoms with E-state index in [2.05, 4.69) is 16.8 Å². The molecule has 0 saturated heterocycles. The summed E-state index contributed by atoms with van der Waals surface area (Å²) in [7, 11) is 1.66. The zero-order chi connectivity index (χ0) is 21.5. The van der Waals surface area contributed by atoms with Gasteiger partial charge in [-0.05, 0) is 51.8 Å². The normalized spacial score (nSPS) is 18.7. The van der Waals surface area contributed by atoms with E-state index in [0.717, 1.165) is 36.4 Å². The first kappa shape index (κ1) is 20.5. The van der Waals surface area contributed by atoms with E-state index >= 15 is 0 Å². The Morgan fingerprint density at radius 3 is 2.50 bits per heavy atom. The van der Waals surface area contributed by atoms with E-state index in [4.69, 9.17) is 4.74 Å². The topological polar surface area (TPSA) is 54.8 Å². The average Bonchev–Trinajstić information content (AvgIpc) is 3.46. The van der Waals surface area contributed by atoms with E-state index in [-0.39, 0.29) is 30.3 Å². The molecule has 160 valence electrons. The van der Waals surface area contributed by atoms with Gasteiger partial charge in [-0.2, -0.15) is 0 Å². The van der Waals surface area contributed by atoms with Crippen LogP contribution in [0.4, 0.5) is 0 Å². The Morgan fingerprint density at radius 2 is 1.83 bits per heavy atom. The standard InChI is InChI=1S/C24H31N3O3/c1-24(2,3)27(23(29)17-11-12-17)16-21(28)26-15-14-25-13-7-9-19(25)22(26)18-8-5-6-10-20(18)30-4/h5-10,13,17,22H,11-12,14-16H2,1-4H3/t22-/m0/s1. The van der Waals surface area contributed by atoms with Crippen molar-refractivity contribution in [3.05, 3.63) is 53.9 Å². The molecule has 0 spiro atoms. The quantitative estimate of drug-likeness (QED) is 0.760. The van der Waals surface area contributed by atoms with Gasteiger partial charge >= 0.3 is 0 Å². The van der Waals surface area contributed by atoms with Crippen LogP contribution < -0.4 is 4.74 Å². The molecule has 2 aromatic rings. The highest BCUT2D eigenvalue weighted by Gasteiger charge is 2.41. The minimum Gasteiger partial charge on any atom is -0.496 e. The molecule has 6 nitrogen and oxygen atoms in total. The number of ether oxygens (including phenoxy) is 1. The van der Waals surface area contributed by atoms with Gasteiger partial charge in [-0.3, -0.25) is 9.59 Å². The number of rotatable bonds is 5. The van der Waals surface area contributed by atoms with Crippen molar-refractivity contribution in [1.82, 2.24) is 14.4 Å². The summed E-state index contributed by atoms with van der Waals surface area (Å²) >= 11 is 0. The number of aromatic nitrogens is 1. The first-order valence-electron chi connectivity index (χ1n) is 10.7. The second kappa shape index (κ2) is 7.82. The molecule has 1 atom stereocenters. The number of amides is 2. The van der Waals surface area contributed by atoms with Crippen molar-refractivity contribution in [2.24, 2.45) is 5.92 Å². The number of fused-ring (bicyclic) bond motifs is 1. The summed E-state index contributed by atoms with van der Waals surface area (Å²) in [6.45, 7) is 7.44. The van der Waals surface area contributed by atoms with E-state index in [1.807, 2.05) is 56.0 Å². The number of hydrogen-bond donors (Lipinski definition) is 0. The third-order valence-corrected chi connectivity index (χ3v) is 6.09. The van der Waals surface area contributed by atoms with Gasteiger partial charge in [0.05, 0.1) is 7.11 Å². The number of methoxy groups -OCH3 is 1. The molecule has 1 aliphatic heterocycles. The van der Waals surface area contributed by atoms with Crippen LogP contribution in [0.5, 0.6) is 5.75 Å². The number of hydrogen-bond acceptors (Lipinski definition) is 3. The van der Waals surface area contributed by atoms with E-state index in [1.54, 1.807) is 12.0 Å². The predicted molar refractivity (Wildman–Crippen MR) is 115 cm³/mol. The molecule has 2 heterocycles. The van der Waals surface area contributed by atoms with Gasteiger partial charge in [0.1, 0.15) is 18.3 Å². The van der Waals surface area contributed by atoms with Crippen molar-refractivity contribution < 1.29 is 14.3 Å². The van der Waals surface area contributed by atoms with Crippen molar-refractivity contribution >= 4 is 11.8 Å². The average molecular weight is 410 g/mol. The highest BCUT2D eigenvalue weighted by Crippen LogP contribution is 2.38. The maximum absolute atomic E-state index is 13.6. The van der Waals surface area contributed by atoms with Crippen molar-refractivity contribution in [3.63, 3.8) is 0 Å². The van der Waals surface area contributed by atoms with Crippen molar-refractivity contribution in [2.45, 2.75) is 51.7 Å². The Bertz CT molecular complexity index is 939. The Labute approximate surface area is 178 Å². The lowest BCUT2D eigenvalue weighted by Gasteiger charge is -2.41. The van der Waals surface area contributed by atoms with Gasteiger partial charge in [-0.1, -0.05) is 18.2 Å². The summed E-state index contributed by atoms with van der Waals surface area (Å²) in [6, 6.07) is 11.7. The van der Waals surface area contributed by atoms with E-state index < -0.39 is 5.54 Å². The van der Waals surface area contributed by atoms with E-state index in [0.29, 0.717) is 6.54 Å². The maximum Gasteiger partial charge on any atom is 0.243 e. The molecule has 6 heteroatoms. The van der Waals surface area contributed by atoms with Crippen LogP contribution in [0.3, 0.4) is 0 Å². The fraction of sp³-hybridized carbons (Fsp3) is 0.500. The second-order valence-electron chi connectivity index (χ2n) is 9.23. The van der Waals surface area contributed by atoms with Crippen LogP contribution in [0.1, 0.15) is 50.9 Å². The number of carbonyl (C=O) groups is 2. The molecule has 0 unspecified atom stereocenters. The van der Waals surface area contributed by atoms with E-state index in [1.165, 1.54) is 0 Å². The van der Waals surface area contributed by atoms with Crippen LogP contribution in [0.2, 0.25) is 0 Å². The van der Waals surface area contributed by atoms with E-state index in [9.17, 15) is 9.59 Å². The molecule has 1 fully saturated rings. The third-order valence-electron chi connectivity index (χ3n) is 6.09. The van der Waals surface area contributed by atoms with Gasteiger partial charge in [-0.25, -0.2) is 0 Å². The SMILES string of the molecule is COc1ccccc1[C@H]1c2cccn2CCN1C(=O)CN(C(=O)C1CC1)C(C)(C)C. The zero-order valence-corrected chi connectivity index (χ0v) is 18.3. The summed E-state index contributed by atoms with van der Waals surface area (Å²) in [6.07, 6.45) is 3.92. The first-order chi connectivity index (χ1) is 14.3. The molecule has 0 N–H and O–H groups in total. The highest BCUT2D eigenvalue weighted by molar-refractivity contribution is 5.88. The second-order valence-corrected chi connectivity index (χ2v) is 9.23. The van der Waals surface area contributed by atoms with Crippen molar-refractivity contribution in [3.8, 4) is 5.75 Å². The molecule has 1 saturated carbocycles. The summed E-state index contributed by atoms with van der Waals surface area (Å²) in [5, 5.41) is 0. The van der Waals surface area contributed by atoms with Crippen molar-refractivity contribution in [2.75, 3.05) is 20.2 Å². The highest BCUT2D eigenvalue weighted by atomic mass is 16.5. The van der Waals surface area contributed by atoms with Crippen LogP contribution >= 0.6 is 0 Å². The Balaban J connectivity index is 1.67. The Kier molecular flexibility index (Phi) is 5.35. The van der Waals surface area contributed by atoms with Gasteiger partial charge in [0.2, 0.25) is 11.8 Å². The zero-order valence-electron chi connectivity index (χ0n) is 18.3. The molecule has 2 amide bonds. The van der Waals surface area contributed by atoms with Crippen LogP contribution in [0, 0.1) is 5.92 Å². The van der Waals surface area contributed by atoms with Crippen LogP contribution in [-0.2, 0) is 16.1 Å². The minimum absolute atomic E-state index is 0.0257. The van der Waals surface area contributed by atoms with Gasteiger partial charge in [0, 0.05) is 42.0 Å². The third kappa shape index (κ3) is 3.83. The Hall–Kier alpha value is -2.76. The van der Waals surface area contributed by atoms with Gasteiger partial charge < -0.3 is 19.1 Å². The summed E-state index contributed by atoms with van der Waals surface area (Å²) < 4.78 is 7.81. The number of nitrogens with zero attached hydrogens (tertiary/aromatic N) is 3. The summed E-state index contributed by atoms with van der Waals surface area (Å²) in [5.41, 5.74) is 1.63. The predicted octanol–water partition coefficient (Wildman–Crippen LogP) is 3.47. The largest absolute Gasteiger partial charge is 0.496 e. The lowest BCUT2D eigenvalue weighted by molar-refractivity contribution is -0.147. The number of para-hydroxylation sites is 1. The molecule has 1 aliphatic carbocycles. The van der Waals surface area contributed by atoms with Gasteiger partial charge in [-0.15, -0.1) is 0 Å². The molecule has 30 heavy (non-hydrogen) atoms. The van der Waals surface area contributed by atoms with Crippen LogP contribution in [0.15, 0.2) is 42.6 Å².